The number of amides is 1. The molecule has 0 saturated heterocycles. The van der Waals surface area contributed by atoms with E-state index in [1.807, 2.05) is 25.1 Å². The van der Waals surface area contributed by atoms with Crippen LogP contribution in [0, 0.1) is 6.92 Å². The SMILES string of the molecule is Cc1ccc(S(=O)(=O)N(C)Cc2ccc(C(=O)NN=C3CCc4ccccc43)cc2)cc1. The van der Waals surface area contributed by atoms with Crippen molar-refractivity contribution in [3.8, 4) is 0 Å². The van der Waals surface area contributed by atoms with E-state index >= 15 is 0 Å². The van der Waals surface area contributed by atoms with Gasteiger partial charge in [-0.1, -0.05) is 54.1 Å². The lowest BCUT2D eigenvalue weighted by molar-refractivity contribution is 0.0954. The molecular formula is C25H25N3O3S. The second-order valence-corrected chi connectivity index (χ2v) is 9.97. The van der Waals surface area contributed by atoms with Gasteiger partial charge in [0.05, 0.1) is 10.6 Å². The van der Waals surface area contributed by atoms with Crippen molar-refractivity contribution >= 4 is 21.6 Å². The highest BCUT2D eigenvalue weighted by Crippen LogP contribution is 2.22. The van der Waals surface area contributed by atoms with Crippen LogP contribution < -0.4 is 5.43 Å². The van der Waals surface area contributed by atoms with Crippen molar-refractivity contribution in [3.05, 3.63) is 101 Å². The van der Waals surface area contributed by atoms with E-state index in [0.29, 0.717) is 5.56 Å². The first-order chi connectivity index (χ1) is 15.3. The summed E-state index contributed by atoms with van der Waals surface area (Å²) < 4.78 is 26.8. The molecule has 3 aromatic carbocycles. The Morgan fingerprint density at radius 1 is 0.969 bits per heavy atom. The topological polar surface area (TPSA) is 78.8 Å². The third kappa shape index (κ3) is 4.64. The van der Waals surface area contributed by atoms with Crippen molar-refractivity contribution < 1.29 is 13.2 Å². The normalized spacial score (nSPS) is 14.5. The quantitative estimate of drug-likeness (QED) is 0.582. The minimum atomic E-state index is -3.59. The van der Waals surface area contributed by atoms with E-state index in [9.17, 15) is 13.2 Å². The summed E-state index contributed by atoms with van der Waals surface area (Å²) in [6.07, 6.45) is 1.74. The maximum atomic E-state index is 12.8. The number of nitrogens with zero attached hydrogens (tertiary/aromatic N) is 2. The number of carbonyl (C=O) groups excluding carboxylic acids is 1. The maximum Gasteiger partial charge on any atom is 0.271 e. The molecule has 1 N–H and O–H groups in total. The van der Waals surface area contributed by atoms with Crippen LogP contribution in [0.1, 0.15) is 39.0 Å². The van der Waals surface area contributed by atoms with Gasteiger partial charge in [-0.15, -0.1) is 0 Å². The zero-order valence-electron chi connectivity index (χ0n) is 18.1. The molecule has 0 fully saturated rings. The van der Waals surface area contributed by atoms with E-state index in [2.05, 4.69) is 16.6 Å². The van der Waals surface area contributed by atoms with Gasteiger partial charge >= 0.3 is 0 Å². The van der Waals surface area contributed by atoms with E-state index in [1.54, 1.807) is 55.6 Å². The van der Waals surface area contributed by atoms with Crippen molar-refractivity contribution in [2.75, 3.05) is 7.05 Å². The molecule has 0 unspecified atom stereocenters. The highest BCUT2D eigenvalue weighted by Gasteiger charge is 2.21. The van der Waals surface area contributed by atoms with Gasteiger partial charge in [-0.25, -0.2) is 13.8 Å². The zero-order valence-corrected chi connectivity index (χ0v) is 18.9. The van der Waals surface area contributed by atoms with E-state index in [-0.39, 0.29) is 17.3 Å². The minimum Gasteiger partial charge on any atom is -0.267 e. The second kappa shape index (κ2) is 9.06. The van der Waals surface area contributed by atoms with Gasteiger partial charge in [0, 0.05) is 24.7 Å². The molecule has 4 rings (SSSR count). The van der Waals surface area contributed by atoms with Gasteiger partial charge in [0.1, 0.15) is 0 Å². The second-order valence-electron chi connectivity index (χ2n) is 7.93. The van der Waals surface area contributed by atoms with Crippen LogP contribution in [-0.4, -0.2) is 31.4 Å². The Balaban J connectivity index is 1.40. The first-order valence-electron chi connectivity index (χ1n) is 10.4. The first-order valence-corrected chi connectivity index (χ1v) is 11.9. The molecule has 0 aromatic heterocycles. The lowest BCUT2D eigenvalue weighted by Crippen LogP contribution is -2.26. The highest BCUT2D eigenvalue weighted by atomic mass is 32.2. The summed E-state index contributed by atoms with van der Waals surface area (Å²) in [6, 6.07) is 21.7. The predicted molar refractivity (Wildman–Crippen MR) is 125 cm³/mol. The summed E-state index contributed by atoms with van der Waals surface area (Å²) in [7, 11) is -2.04. The van der Waals surface area contributed by atoms with Crippen LogP contribution in [0.4, 0.5) is 0 Å². The van der Waals surface area contributed by atoms with Gasteiger partial charge in [-0.3, -0.25) is 4.79 Å². The standard InChI is InChI=1S/C25H25N3O3S/c1-18-7-14-22(15-8-18)32(30,31)28(2)17-19-9-11-21(12-10-19)25(29)27-26-24-16-13-20-5-3-4-6-23(20)24/h3-12,14-15H,13,16-17H2,1-2H3,(H,27,29). The number of hydrogen-bond acceptors (Lipinski definition) is 4. The van der Waals surface area contributed by atoms with Crippen LogP contribution in [0.3, 0.4) is 0 Å². The molecule has 0 spiro atoms. The molecule has 3 aromatic rings. The highest BCUT2D eigenvalue weighted by molar-refractivity contribution is 7.89. The summed E-state index contributed by atoms with van der Waals surface area (Å²) in [5.74, 6) is -0.297. The molecule has 0 saturated carbocycles. The first kappa shape index (κ1) is 21.9. The molecule has 1 aliphatic carbocycles. The van der Waals surface area contributed by atoms with Crippen LogP contribution in [0.2, 0.25) is 0 Å². The monoisotopic (exact) mass is 447 g/mol. The maximum absolute atomic E-state index is 12.8. The molecule has 0 aliphatic heterocycles. The van der Waals surface area contributed by atoms with E-state index < -0.39 is 10.0 Å². The Labute approximate surface area is 188 Å². The minimum absolute atomic E-state index is 0.206. The summed E-state index contributed by atoms with van der Waals surface area (Å²) in [5.41, 5.74) is 8.10. The Hall–Kier alpha value is -3.29. The van der Waals surface area contributed by atoms with Crippen molar-refractivity contribution in [2.45, 2.75) is 31.2 Å². The number of carbonyl (C=O) groups is 1. The Kier molecular flexibility index (Phi) is 6.21. The molecule has 0 heterocycles. The van der Waals surface area contributed by atoms with Crippen molar-refractivity contribution in [1.29, 1.82) is 0 Å². The predicted octanol–water partition coefficient (Wildman–Crippen LogP) is 3.90. The summed E-state index contributed by atoms with van der Waals surface area (Å²) in [6.45, 7) is 2.12. The Morgan fingerprint density at radius 3 is 2.38 bits per heavy atom. The van der Waals surface area contributed by atoms with Gasteiger partial charge in [0.2, 0.25) is 10.0 Å². The number of hydrogen-bond donors (Lipinski definition) is 1. The fourth-order valence-corrected chi connectivity index (χ4v) is 4.86. The smallest absolute Gasteiger partial charge is 0.267 e. The van der Waals surface area contributed by atoms with Gasteiger partial charge in [0.25, 0.3) is 5.91 Å². The number of hydrazone groups is 1. The van der Waals surface area contributed by atoms with Gasteiger partial charge in [-0.2, -0.15) is 9.41 Å². The van der Waals surface area contributed by atoms with Crippen LogP contribution in [0.5, 0.6) is 0 Å². The fourth-order valence-electron chi connectivity index (χ4n) is 3.70. The third-order valence-electron chi connectivity index (χ3n) is 5.60. The average molecular weight is 448 g/mol. The fraction of sp³-hybridized carbons (Fsp3) is 0.200. The van der Waals surface area contributed by atoms with E-state index in [4.69, 9.17) is 0 Å². The number of nitrogens with one attached hydrogen (secondary N) is 1. The molecule has 0 radical (unpaired) electrons. The number of benzene rings is 3. The van der Waals surface area contributed by atoms with Gasteiger partial charge in [-0.05, 0) is 55.2 Å². The molecule has 6 nitrogen and oxygen atoms in total. The molecule has 32 heavy (non-hydrogen) atoms. The molecule has 0 bridgehead atoms. The molecule has 0 atom stereocenters. The molecule has 164 valence electrons. The van der Waals surface area contributed by atoms with Crippen molar-refractivity contribution in [3.63, 3.8) is 0 Å². The number of fused-ring (bicyclic) bond motifs is 1. The molecule has 1 aliphatic rings. The van der Waals surface area contributed by atoms with Gasteiger partial charge < -0.3 is 0 Å². The lowest BCUT2D eigenvalue weighted by Gasteiger charge is -2.17. The number of aryl methyl sites for hydroxylation is 2. The van der Waals surface area contributed by atoms with Crippen LogP contribution >= 0.6 is 0 Å². The van der Waals surface area contributed by atoms with Crippen molar-refractivity contribution in [1.82, 2.24) is 9.73 Å². The largest absolute Gasteiger partial charge is 0.271 e. The van der Waals surface area contributed by atoms with E-state index in [1.165, 1.54) is 9.87 Å². The molecule has 1 amide bonds. The summed E-state index contributed by atoms with van der Waals surface area (Å²) in [4.78, 5) is 12.8. The molecule has 7 heteroatoms. The zero-order chi connectivity index (χ0) is 22.7. The number of sulfonamides is 1. The lowest BCUT2D eigenvalue weighted by atomic mass is 10.1. The Morgan fingerprint density at radius 2 is 1.66 bits per heavy atom. The van der Waals surface area contributed by atoms with Crippen LogP contribution in [0.25, 0.3) is 0 Å². The molecular weight excluding hydrogens is 422 g/mol. The average Bonchev–Trinajstić information content (AvgIpc) is 3.21. The number of rotatable bonds is 6. The van der Waals surface area contributed by atoms with Crippen LogP contribution in [0.15, 0.2) is 82.8 Å². The van der Waals surface area contributed by atoms with Crippen LogP contribution in [-0.2, 0) is 23.0 Å². The third-order valence-corrected chi connectivity index (χ3v) is 7.42. The summed E-state index contributed by atoms with van der Waals surface area (Å²) in [5, 5.41) is 4.31. The van der Waals surface area contributed by atoms with E-state index in [0.717, 1.165) is 35.2 Å². The Bertz CT molecular complexity index is 1260. The summed E-state index contributed by atoms with van der Waals surface area (Å²) >= 11 is 0. The van der Waals surface area contributed by atoms with Gasteiger partial charge in [0.15, 0.2) is 0 Å². The van der Waals surface area contributed by atoms with Crippen molar-refractivity contribution in [2.24, 2.45) is 5.10 Å².